The summed E-state index contributed by atoms with van der Waals surface area (Å²) in [5.74, 6) is 2.23. The summed E-state index contributed by atoms with van der Waals surface area (Å²) in [7, 11) is 4.18. The number of hydrogen-bond acceptors (Lipinski definition) is 4. The predicted octanol–water partition coefficient (Wildman–Crippen LogP) is 2.96. The molecule has 0 aliphatic carbocycles. The molecule has 0 spiro atoms. The maximum Gasteiger partial charge on any atom is 0.275 e. The molecular weight excluding hydrogens is 532 g/mol. The number of nitrogens with one attached hydrogen (secondary N) is 1. The smallest absolute Gasteiger partial charge is 0.275 e. The van der Waals surface area contributed by atoms with E-state index < -0.39 is 0 Å². The molecule has 2 rings (SSSR count). The van der Waals surface area contributed by atoms with E-state index >= 15 is 0 Å². The quantitative estimate of drug-likeness (QED) is 0.136. The van der Waals surface area contributed by atoms with Gasteiger partial charge in [-0.25, -0.2) is 0 Å². The van der Waals surface area contributed by atoms with Crippen molar-refractivity contribution in [2.45, 2.75) is 52.4 Å². The van der Waals surface area contributed by atoms with Gasteiger partial charge in [-0.3, -0.25) is 9.59 Å². The number of Topliss-reactive ketones (excluding diaryl/α,β-unsaturated/α-hetero) is 1. The largest absolute Gasteiger partial charge is 1.00 e. The zero-order valence-electron chi connectivity index (χ0n) is 22.9. The minimum absolute atomic E-state index is 0. The van der Waals surface area contributed by atoms with E-state index in [0.29, 0.717) is 47.5 Å². The van der Waals surface area contributed by atoms with E-state index in [4.69, 9.17) is 9.47 Å². The first-order valence-corrected chi connectivity index (χ1v) is 13.0. The van der Waals surface area contributed by atoms with E-state index in [1.807, 2.05) is 43.3 Å². The fourth-order valence-corrected chi connectivity index (χ4v) is 3.91. The highest BCUT2D eigenvalue weighted by Gasteiger charge is 2.19. The molecule has 37 heavy (non-hydrogen) atoms. The molecule has 0 heterocycles. The molecule has 0 fully saturated rings. The van der Waals surface area contributed by atoms with Crippen LogP contribution in [-0.4, -0.2) is 56.5 Å². The first kappa shape index (κ1) is 32.4. The average Bonchev–Trinajstić information content (AvgIpc) is 2.85. The summed E-state index contributed by atoms with van der Waals surface area (Å²) in [6, 6.07) is 13.1. The summed E-state index contributed by atoms with van der Waals surface area (Å²) in [4.78, 5) is 24.1. The van der Waals surface area contributed by atoms with Crippen LogP contribution < -0.4 is 31.8 Å². The highest BCUT2D eigenvalue weighted by molar-refractivity contribution is 5.95. The van der Waals surface area contributed by atoms with Gasteiger partial charge in [0.15, 0.2) is 23.8 Å². The second-order valence-electron chi connectivity index (χ2n) is 9.72. The molecule has 0 aliphatic rings. The summed E-state index contributed by atoms with van der Waals surface area (Å²) in [5.41, 5.74) is 1.70. The van der Waals surface area contributed by atoms with Gasteiger partial charge in [0.05, 0.1) is 27.2 Å². The van der Waals surface area contributed by atoms with Gasteiger partial charge in [0.1, 0.15) is 5.75 Å². The van der Waals surface area contributed by atoms with Crippen molar-refractivity contribution in [3.05, 3.63) is 66.2 Å². The maximum atomic E-state index is 12.2. The summed E-state index contributed by atoms with van der Waals surface area (Å²) in [6.45, 7) is 10.5. The molecule has 6 nitrogen and oxygen atoms in total. The Labute approximate surface area is 233 Å². The number of likely N-dealkylation sites (N-methyl/N-ethyl adjacent to an activating group) is 1. The van der Waals surface area contributed by atoms with Gasteiger partial charge >= 0.3 is 0 Å². The fourth-order valence-electron chi connectivity index (χ4n) is 3.91. The number of benzene rings is 2. The molecule has 2 aromatic rings. The summed E-state index contributed by atoms with van der Waals surface area (Å²) >= 11 is 0. The molecule has 1 amide bonds. The Hall–Kier alpha value is -2.64. The van der Waals surface area contributed by atoms with E-state index in [0.717, 1.165) is 50.1 Å². The number of nitrogens with zero attached hydrogens (tertiary/aromatic N) is 1. The van der Waals surface area contributed by atoms with Crippen molar-refractivity contribution in [3.8, 4) is 17.2 Å². The lowest BCUT2D eigenvalue weighted by atomic mass is 10.1. The minimum atomic E-state index is 0. The molecule has 0 saturated heterocycles. The number of allylic oxidation sites excluding steroid dienone is 1. The standard InChI is InChI=1S/C30H42N2O4.BrH/c1-6-9-20-31-29(34)23-32(4,5)21-10-11-22-35-30-25(13-7-2)14-12-15-28(30)36-26-18-16-24(17-19-26)27(33)8-3;/h7,12,14-19H,2,6,8-11,13,20-23H2,1,3-5H3;1H. The van der Waals surface area contributed by atoms with Crippen LogP contribution in [0.4, 0.5) is 0 Å². The van der Waals surface area contributed by atoms with Crippen LogP contribution in [0.1, 0.15) is 61.9 Å². The number of ether oxygens (including phenoxy) is 2. The van der Waals surface area contributed by atoms with Crippen molar-refractivity contribution in [1.82, 2.24) is 5.32 Å². The third-order valence-corrected chi connectivity index (χ3v) is 5.98. The van der Waals surface area contributed by atoms with Crippen LogP contribution in [0, 0.1) is 0 Å². The second-order valence-corrected chi connectivity index (χ2v) is 9.72. The number of amides is 1. The molecule has 0 bridgehead atoms. The molecule has 0 unspecified atom stereocenters. The Bertz CT molecular complexity index is 990. The van der Waals surface area contributed by atoms with E-state index in [9.17, 15) is 9.59 Å². The van der Waals surface area contributed by atoms with Gasteiger partial charge in [-0.15, -0.1) is 6.58 Å². The van der Waals surface area contributed by atoms with Crippen LogP contribution in [0.3, 0.4) is 0 Å². The Morgan fingerprint density at radius 3 is 2.41 bits per heavy atom. The first-order chi connectivity index (χ1) is 17.3. The number of carbonyl (C=O) groups excluding carboxylic acids is 2. The molecule has 0 saturated carbocycles. The van der Waals surface area contributed by atoms with Crippen LogP contribution in [0.25, 0.3) is 0 Å². The SMILES string of the molecule is C=CCc1cccc(Oc2ccc(C(=O)CC)cc2)c1OCCCC[N+](C)(C)CC(=O)NCCCC.[Br-]. The second kappa shape index (κ2) is 17.0. The van der Waals surface area contributed by atoms with Crippen LogP contribution in [0.2, 0.25) is 0 Å². The zero-order chi connectivity index (χ0) is 26.4. The predicted molar refractivity (Wildman–Crippen MR) is 146 cm³/mol. The van der Waals surface area contributed by atoms with E-state index in [1.165, 1.54) is 0 Å². The lowest BCUT2D eigenvalue weighted by molar-refractivity contribution is -0.882. The molecular formula is C30H43BrN2O4. The zero-order valence-corrected chi connectivity index (χ0v) is 24.4. The van der Waals surface area contributed by atoms with Crippen molar-refractivity contribution in [3.63, 3.8) is 0 Å². The number of halogens is 1. The lowest BCUT2D eigenvalue weighted by Gasteiger charge is -2.29. The van der Waals surface area contributed by atoms with Gasteiger partial charge in [0.2, 0.25) is 0 Å². The van der Waals surface area contributed by atoms with Crippen molar-refractivity contribution in [1.29, 1.82) is 0 Å². The third-order valence-electron chi connectivity index (χ3n) is 5.98. The molecule has 0 aliphatic heterocycles. The first-order valence-electron chi connectivity index (χ1n) is 13.0. The molecule has 1 N–H and O–H groups in total. The van der Waals surface area contributed by atoms with Crippen molar-refractivity contribution >= 4 is 11.7 Å². The van der Waals surface area contributed by atoms with E-state index in [2.05, 4.69) is 32.9 Å². The normalized spacial score (nSPS) is 10.8. The Morgan fingerprint density at radius 1 is 1.03 bits per heavy atom. The van der Waals surface area contributed by atoms with Crippen LogP contribution in [0.5, 0.6) is 17.2 Å². The summed E-state index contributed by atoms with van der Waals surface area (Å²) < 4.78 is 13.0. The van der Waals surface area contributed by atoms with Crippen LogP contribution >= 0.6 is 0 Å². The highest BCUT2D eigenvalue weighted by atomic mass is 79.9. The number of hydrogen-bond donors (Lipinski definition) is 1. The van der Waals surface area contributed by atoms with Gasteiger partial charge in [0, 0.05) is 24.1 Å². The highest BCUT2D eigenvalue weighted by Crippen LogP contribution is 2.35. The van der Waals surface area contributed by atoms with Crippen molar-refractivity contribution < 1.29 is 40.5 Å². The van der Waals surface area contributed by atoms with Crippen molar-refractivity contribution in [2.75, 3.05) is 40.3 Å². The molecule has 0 aromatic heterocycles. The number of unbranched alkanes of at least 4 members (excludes halogenated alkanes) is 2. The topological polar surface area (TPSA) is 64.6 Å². The van der Waals surface area contributed by atoms with Gasteiger partial charge in [-0.1, -0.05) is 38.5 Å². The Balaban J connectivity index is 0.00000684. The molecule has 7 heteroatoms. The minimum Gasteiger partial charge on any atom is -1.00 e. The fraction of sp³-hybridized carbons (Fsp3) is 0.467. The molecule has 0 atom stereocenters. The van der Waals surface area contributed by atoms with E-state index in [1.54, 1.807) is 12.1 Å². The number of carbonyl (C=O) groups is 2. The summed E-state index contributed by atoms with van der Waals surface area (Å²) in [5, 5.41) is 3.00. The van der Waals surface area contributed by atoms with Crippen LogP contribution in [0.15, 0.2) is 55.1 Å². The third kappa shape index (κ3) is 11.5. The number of para-hydroxylation sites is 1. The van der Waals surface area contributed by atoms with Gasteiger partial charge in [0.25, 0.3) is 5.91 Å². The Kier molecular flexibility index (Phi) is 14.9. The average molecular weight is 576 g/mol. The number of rotatable bonds is 17. The van der Waals surface area contributed by atoms with Crippen molar-refractivity contribution in [2.24, 2.45) is 0 Å². The molecule has 2 aromatic carbocycles. The van der Waals surface area contributed by atoms with Gasteiger partial charge in [-0.05, 0) is 56.0 Å². The molecule has 204 valence electrons. The van der Waals surface area contributed by atoms with E-state index in [-0.39, 0.29) is 28.7 Å². The van der Waals surface area contributed by atoms with Gasteiger partial charge in [-0.2, -0.15) is 0 Å². The number of ketones is 1. The Morgan fingerprint density at radius 2 is 1.76 bits per heavy atom. The van der Waals surface area contributed by atoms with Crippen LogP contribution in [-0.2, 0) is 11.2 Å². The monoisotopic (exact) mass is 574 g/mol. The molecule has 0 radical (unpaired) electrons. The maximum absolute atomic E-state index is 12.2. The number of quaternary nitrogens is 1. The lowest BCUT2D eigenvalue weighted by Crippen LogP contribution is -3.00. The van der Waals surface area contributed by atoms with Gasteiger partial charge < -0.3 is 36.3 Å². The summed E-state index contributed by atoms with van der Waals surface area (Å²) in [6.07, 6.45) is 6.91.